The van der Waals surface area contributed by atoms with Gasteiger partial charge in [-0.3, -0.25) is 19.1 Å². The molecule has 3 heterocycles. The average Bonchev–Trinajstić information content (AvgIpc) is 3.33. The van der Waals surface area contributed by atoms with E-state index < -0.39 is 24.0 Å². The molecule has 0 radical (unpaired) electrons. The van der Waals surface area contributed by atoms with Crippen LogP contribution in [0, 0.1) is 19.3 Å². The highest BCUT2D eigenvalue weighted by atomic mass is 16.4. The van der Waals surface area contributed by atoms with E-state index in [1.54, 1.807) is 28.9 Å². The number of carbonyl (C=O) groups excluding carboxylic acids is 3. The van der Waals surface area contributed by atoms with Crippen LogP contribution in [-0.2, 0) is 27.3 Å². The Morgan fingerprint density at radius 3 is 2.41 bits per heavy atom. The number of Topliss-reactive ketones (excluding diaryl/α,β-unsaturated/α-hetero) is 1. The number of amides is 2. The highest BCUT2D eigenvalue weighted by Crippen LogP contribution is 2.59. The first-order chi connectivity index (χ1) is 20.9. The first kappa shape index (κ1) is 29.2. The van der Waals surface area contributed by atoms with Crippen LogP contribution in [0.1, 0.15) is 54.1 Å². The number of rotatable bonds is 9. The first-order valence-electron chi connectivity index (χ1n) is 14.6. The number of aliphatic carboxylic acids is 1. The topological polar surface area (TPSA) is 147 Å². The molecular formula is C33H34N6O5. The zero-order chi connectivity index (χ0) is 31.3. The van der Waals surface area contributed by atoms with Crippen LogP contribution in [0.25, 0.3) is 22.0 Å². The van der Waals surface area contributed by atoms with E-state index in [4.69, 9.17) is 0 Å². The van der Waals surface area contributed by atoms with Crippen molar-refractivity contribution >= 4 is 34.5 Å². The van der Waals surface area contributed by atoms with Gasteiger partial charge in [0.05, 0.1) is 5.52 Å². The third-order valence-electron chi connectivity index (χ3n) is 8.89. The smallest absolute Gasteiger partial charge is 0.326 e. The summed E-state index contributed by atoms with van der Waals surface area (Å²) in [6.07, 6.45) is 4.81. The number of fused-ring (bicyclic) bond motifs is 2. The number of piperidine rings is 1. The molecule has 1 aliphatic heterocycles. The highest BCUT2D eigenvalue weighted by Gasteiger charge is 2.64. The predicted octanol–water partition coefficient (Wildman–Crippen LogP) is 3.50. The van der Waals surface area contributed by atoms with Gasteiger partial charge in [-0.2, -0.15) is 5.10 Å². The van der Waals surface area contributed by atoms with Crippen molar-refractivity contribution in [3.63, 3.8) is 0 Å². The van der Waals surface area contributed by atoms with Crippen LogP contribution < -0.4 is 5.32 Å². The second-order valence-electron chi connectivity index (χ2n) is 12.3. The summed E-state index contributed by atoms with van der Waals surface area (Å²) < 4.78 is 1.54. The number of carbonyl (C=O) groups is 4. The Morgan fingerprint density at radius 1 is 1.05 bits per heavy atom. The van der Waals surface area contributed by atoms with E-state index in [1.165, 1.54) is 6.92 Å². The normalized spacial score (nSPS) is 21.1. The van der Waals surface area contributed by atoms with E-state index in [0.29, 0.717) is 23.1 Å². The number of aryl methyl sites for hydroxylation is 2. The lowest BCUT2D eigenvalue weighted by atomic mass is 10.0. The lowest BCUT2D eigenvalue weighted by Crippen LogP contribution is -2.53. The van der Waals surface area contributed by atoms with Crippen molar-refractivity contribution in [2.75, 3.05) is 0 Å². The molecule has 2 N–H and O–H groups in total. The highest BCUT2D eigenvalue weighted by molar-refractivity contribution is 6.07. The Labute approximate surface area is 254 Å². The van der Waals surface area contributed by atoms with Gasteiger partial charge in [-0.1, -0.05) is 37.3 Å². The van der Waals surface area contributed by atoms with Gasteiger partial charge in [0.25, 0.3) is 0 Å². The van der Waals surface area contributed by atoms with Crippen molar-refractivity contribution in [1.29, 1.82) is 0 Å². The summed E-state index contributed by atoms with van der Waals surface area (Å²) in [6, 6.07) is 10.9. The summed E-state index contributed by atoms with van der Waals surface area (Å²) in [5, 5.41) is 17.7. The Morgan fingerprint density at radius 2 is 1.75 bits per heavy atom. The average molecular weight is 595 g/mol. The van der Waals surface area contributed by atoms with Crippen molar-refractivity contribution in [3.05, 3.63) is 77.5 Å². The Hall–Kier alpha value is -4.93. The standard InChI is InChI=1S/C33H34N6O5/c1-18-10-22(23-15-34-20(3)35-16-23)12-24-29(19(2)40)37-38(30(18)24)17-28(41)39-26(13-33(4)14-27(33)39)31(42)36-25(32(43)44)11-21-8-6-5-7-9-21/h5-10,12,15-16,25-27H,11,13-14,17H2,1-4H3,(H,36,42)(H,43,44)/t25?,26-,27+,33-/m0/s1. The van der Waals surface area contributed by atoms with Crippen molar-refractivity contribution in [2.24, 2.45) is 5.41 Å². The van der Waals surface area contributed by atoms with Gasteiger partial charge in [0.2, 0.25) is 11.8 Å². The number of hydrogen-bond acceptors (Lipinski definition) is 7. The maximum Gasteiger partial charge on any atom is 0.326 e. The maximum absolute atomic E-state index is 13.9. The van der Waals surface area contributed by atoms with Gasteiger partial charge in [-0.05, 0) is 60.9 Å². The van der Waals surface area contributed by atoms with Crippen LogP contribution >= 0.6 is 0 Å². The zero-order valence-corrected chi connectivity index (χ0v) is 25.1. The van der Waals surface area contributed by atoms with Crippen molar-refractivity contribution < 1.29 is 24.3 Å². The summed E-state index contributed by atoms with van der Waals surface area (Å²) in [7, 11) is 0. The number of carboxylic acids is 1. The van der Waals surface area contributed by atoms with E-state index in [-0.39, 0.29) is 41.8 Å². The Bertz CT molecular complexity index is 1800. The zero-order valence-electron chi connectivity index (χ0n) is 25.1. The molecule has 2 fully saturated rings. The summed E-state index contributed by atoms with van der Waals surface area (Å²) in [4.78, 5) is 62.3. The first-order valence-corrected chi connectivity index (χ1v) is 14.6. The number of aromatic nitrogens is 4. The van der Waals surface area contributed by atoms with Crippen LogP contribution in [0.3, 0.4) is 0 Å². The van der Waals surface area contributed by atoms with Gasteiger partial charge in [-0.25, -0.2) is 14.8 Å². The SMILES string of the molecule is CC(=O)c1nn(CC(=O)N2[C@H](C(=O)NC(Cc3ccccc3)C(=O)O)C[C@@]3(C)C[C@@H]23)c2c(C)cc(-c3cnc(C)nc3)cc12. The minimum atomic E-state index is -1.14. The molecule has 4 aromatic rings. The van der Waals surface area contributed by atoms with Gasteiger partial charge < -0.3 is 15.3 Å². The molecule has 1 aliphatic carbocycles. The molecule has 1 saturated carbocycles. The molecule has 2 aromatic heterocycles. The van der Waals surface area contributed by atoms with Crippen LogP contribution in [0.5, 0.6) is 0 Å². The molecule has 11 heteroatoms. The number of nitrogens with one attached hydrogen (secondary N) is 1. The van der Waals surface area contributed by atoms with Gasteiger partial charge in [-0.15, -0.1) is 0 Å². The molecule has 4 atom stereocenters. The fourth-order valence-corrected chi connectivity index (χ4v) is 6.50. The minimum Gasteiger partial charge on any atom is -0.480 e. The Kier molecular flexibility index (Phi) is 7.27. The van der Waals surface area contributed by atoms with E-state index in [2.05, 4.69) is 20.4 Å². The molecule has 2 aromatic carbocycles. The number of benzene rings is 2. The van der Waals surface area contributed by atoms with E-state index in [0.717, 1.165) is 28.7 Å². The third-order valence-corrected chi connectivity index (χ3v) is 8.89. The molecule has 1 saturated heterocycles. The summed E-state index contributed by atoms with van der Waals surface area (Å²) in [5.41, 5.74) is 3.95. The number of hydrogen-bond donors (Lipinski definition) is 2. The van der Waals surface area contributed by atoms with Gasteiger partial charge in [0.15, 0.2) is 5.78 Å². The van der Waals surface area contributed by atoms with Crippen molar-refractivity contribution in [2.45, 2.75) is 71.6 Å². The van der Waals surface area contributed by atoms with Crippen molar-refractivity contribution in [3.8, 4) is 11.1 Å². The fraction of sp³-hybridized carbons (Fsp3) is 0.364. The molecule has 11 nitrogen and oxygen atoms in total. The lowest BCUT2D eigenvalue weighted by Gasteiger charge is -2.28. The molecule has 2 aliphatic rings. The van der Waals surface area contributed by atoms with Crippen LogP contribution in [-0.4, -0.2) is 71.4 Å². The van der Waals surface area contributed by atoms with Crippen LogP contribution in [0.2, 0.25) is 0 Å². The van der Waals surface area contributed by atoms with Gasteiger partial charge in [0.1, 0.15) is 30.1 Å². The van der Waals surface area contributed by atoms with Crippen molar-refractivity contribution in [1.82, 2.24) is 30.0 Å². The lowest BCUT2D eigenvalue weighted by molar-refractivity contribution is -0.144. The quantitative estimate of drug-likeness (QED) is 0.280. The van der Waals surface area contributed by atoms with Crippen LogP contribution in [0.15, 0.2) is 54.9 Å². The fourth-order valence-electron chi connectivity index (χ4n) is 6.50. The predicted molar refractivity (Wildman–Crippen MR) is 162 cm³/mol. The van der Waals surface area contributed by atoms with E-state index in [9.17, 15) is 24.3 Å². The van der Waals surface area contributed by atoms with Gasteiger partial charge in [0, 0.05) is 42.7 Å². The summed E-state index contributed by atoms with van der Waals surface area (Å²) >= 11 is 0. The summed E-state index contributed by atoms with van der Waals surface area (Å²) in [6.45, 7) is 7.02. The minimum absolute atomic E-state index is 0.119. The second-order valence-corrected chi connectivity index (χ2v) is 12.3. The summed E-state index contributed by atoms with van der Waals surface area (Å²) in [5.74, 6) is -1.50. The molecule has 6 rings (SSSR count). The third kappa shape index (κ3) is 5.34. The monoisotopic (exact) mass is 594 g/mol. The molecule has 1 unspecified atom stereocenters. The molecular weight excluding hydrogens is 560 g/mol. The van der Waals surface area contributed by atoms with Crippen LogP contribution in [0.4, 0.5) is 0 Å². The van der Waals surface area contributed by atoms with Gasteiger partial charge >= 0.3 is 5.97 Å². The molecule has 0 spiro atoms. The number of likely N-dealkylation sites (tertiary alicyclic amines) is 1. The Balaban J connectivity index is 1.27. The molecule has 44 heavy (non-hydrogen) atoms. The number of carboxylic acid groups (broad SMARTS) is 1. The molecule has 0 bridgehead atoms. The van der Waals surface area contributed by atoms with E-state index in [1.807, 2.05) is 56.3 Å². The van der Waals surface area contributed by atoms with E-state index >= 15 is 0 Å². The number of ketones is 1. The largest absolute Gasteiger partial charge is 0.480 e. The maximum atomic E-state index is 13.9. The second kappa shape index (κ2) is 11.0. The number of nitrogens with zero attached hydrogens (tertiary/aromatic N) is 5. The molecule has 2 amide bonds. The molecule has 226 valence electrons.